The summed E-state index contributed by atoms with van der Waals surface area (Å²) >= 11 is 0. The summed E-state index contributed by atoms with van der Waals surface area (Å²) in [4.78, 5) is 25.6. The lowest BCUT2D eigenvalue weighted by Gasteiger charge is -2.56. The first-order valence-corrected chi connectivity index (χ1v) is 13.0. The zero-order chi connectivity index (χ0) is 24.5. The Kier molecular flexibility index (Phi) is 7.51. The molecule has 1 unspecified atom stereocenters. The number of fused-ring (bicyclic) bond motifs is 1. The van der Waals surface area contributed by atoms with Crippen LogP contribution >= 0.6 is 0 Å². The summed E-state index contributed by atoms with van der Waals surface area (Å²) in [6.07, 6.45) is 7.43. The van der Waals surface area contributed by atoms with E-state index in [1.807, 2.05) is 6.92 Å². The number of hydrogen-bond donors (Lipinski definition) is 4. The van der Waals surface area contributed by atoms with Gasteiger partial charge >= 0.3 is 6.03 Å². The van der Waals surface area contributed by atoms with Crippen LogP contribution in [-0.4, -0.2) is 35.2 Å². The third-order valence-electron chi connectivity index (χ3n) is 9.04. The summed E-state index contributed by atoms with van der Waals surface area (Å²) in [7, 11) is 0. The number of carbonyl (C=O) groups is 2. The van der Waals surface area contributed by atoms with Gasteiger partial charge < -0.3 is 21.1 Å². The van der Waals surface area contributed by atoms with Crippen LogP contribution in [0.15, 0.2) is 24.3 Å². The molecule has 7 heteroatoms. The number of aliphatic hydroxyl groups excluding tert-OH is 1. The third-order valence-corrected chi connectivity index (χ3v) is 9.04. The number of amides is 3. The molecule has 3 amide bonds. The monoisotopic (exact) mass is 473 g/mol. The molecule has 3 fully saturated rings. The number of aliphatic hydroxyl groups is 1. The highest BCUT2D eigenvalue weighted by Crippen LogP contribution is 2.55. The van der Waals surface area contributed by atoms with Crippen LogP contribution in [0.3, 0.4) is 0 Å². The molecule has 0 spiro atoms. The van der Waals surface area contributed by atoms with E-state index in [2.05, 4.69) is 29.8 Å². The molecule has 0 saturated heterocycles. The van der Waals surface area contributed by atoms with Gasteiger partial charge in [-0.05, 0) is 79.9 Å². The highest BCUT2D eigenvalue weighted by Gasteiger charge is 2.54. The fourth-order valence-corrected chi connectivity index (χ4v) is 7.00. The van der Waals surface area contributed by atoms with Crippen molar-refractivity contribution >= 4 is 17.6 Å². The first-order valence-electron chi connectivity index (χ1n) is 13.0. The van der Waals surface area contributed by atoms with Crippen LogP contribution in [-0.2, 0) is 4.79 Å². The average molecular weight is 474 g/mol. The molecule has 6 nitrogen and oxygen atoms in total. The fraction of sp³-hybridized carbons (Fsp3) is 0.704. The lowest BCUT2D eigenvalue weighted by molar-refractivity contribution is -0.142. The van der Waals surface area contributed by atoms with Gasteiger partial charge in [-0.15, -0.1) is 0 Å². The van der Waals surface area contributed by atoms with Crippen LogP contribution in [0.1, 0.15) is 72.1 Å². The number of benzene rings is 1. The molecule has 3 aliphatic rings. The molecule has 188 valence electrons. The topological polar surface area (TPSA) is 90.5 Å². The summed E-state index contributed by atoms with van der Waals surface area (Å²) < 4.78 is 13.5. The summed E-state index contributed by atoms with van der Waals surface area (Å²) in [6, 6.07) is 5.65. The zero-order valence-electron chi connectivity index (χ0n) is 20.6. The van der Waals surface area contributed by atoms with E-state index in [0.717, 1.165) is 38.5 Å². The lowest BCUT2D eigenvalue weighted by atomic mass is 9.51. The highest BCUT2D eigenvalue weighted by molar-refractivity contribution is 5.89. The van der Waals surface area contributed by atoms with E-state index in [-0.39, 0.29) is 53.1 Å². The molecule has 0 aromatic heterocycles. The predicted octanol–water partition coefficient (Wildman–Crippen LogP) is 4.83. The minimum Gasteiger partial charge on any atom is -0.392 e. The average Bonchev–Trinajstić information content (AvgIpc) is 3.28. The Labute approximate surface area is 202 Å². The van der Waals surface area contributed by atoms with Crippen molar-refractivity contribution in [1.82, 2.24) is 10.6 Å². The molecule has 7 atom stereocenters. The van der Waals surface area contributed by atoms with E-state index in [4.69, 9.17) is 0 Å². The quantitative estimate of drug-likeness (QED) is 0.494. The first kappa shape index (κ1) is 25.0. The first-order chi connectivity index (χ1) is 16.2. The Hall–Kier alpha value is -2.15. The van der Waals surface area contributed by atoms with Crippen molar-refractivity contribution in [2.24, 2.45) is 29.1 Å². The molecule has 0 heterocycles. The molecular formula is C27H40FN3O3. The van der Waals surface area contributed by atoms with Crippen molar-refractivity contribution in [3.05, 3.63) is 30.1 Å². The van der Waals surface area contributed by atoms with Crippen molar-refractivity contribution in [1.29, 1.82) is 0 Å². The Balaban J connectivity index is 1.40. The second-order valence-corrected chi connectivity index (χ2v) is 11.3. The maximum atomic E-state index is 13.5. The van der Waals surface area contributed by atoms with Gasteiger partial charge in [-0.3, -0.25) is 4.79 Å². The molecule has 1 aromatic carbocycles. The number of nitrogens with one attached hydrogen (secondary N) is 3. The van der Waals surface area contributed by atoms with E-state index in [0.29, 0.717) is 5.69 Å². The van der Waals surface area contributed by atoms with Crippen molar-refractivity contribution in [2.45, 2.75) is 90.3 Å². The van der Waals surface area contributed by atoms with Crippen LogP contribution in [0.25, 0.3) is 0 Å². The van der Waals surface area contributed by atoms with E-state index in [1.54, 1.807) is 12.1 Å². The maximum absolute atomic E-state index is 13.5. The molecule has 4 rings (SSSR count). The molecule has 34 heavy (non-hydrogen) atoms. The van der Waals surface area contributed by atoms with Gasteiger partial charge in [-0.2, -0.15) is 0 Å². The predicted molar refractivity (Wildman–Crippen MR) is 131 cm³/mol. The Morgan fingerprint density at radius 3 is 2.53 bits per heavy atom. The summed E-state index contributed by atoms with van der Waals surface area (Å²) in [6.45, 7) is 6.31. The lowest BCUT2D eigenvalue weighted by Crippen LogP contribution is -2.59. The van der Waals surface area contributed by atoms with Crippen molar-refractivity contribution in [3.63, 3.8) is 0 Å². The maximum Gasteiger partial charge on any atom is 0.319 e. The van der Waals surface area contributed by atoms with Gasteiger partial charge in [-0.25, -0.2) is 9.18 Å². The van der Waals surface area contributed by atoms with Gasteiger partial charge in [0.2, 0.25) is 5.91 Å². The van der Waals surface area contributed by atoms with E-state index >= 15 is 0 Å². The molecule has 4 N–H and O–H groups in total. The standard InChI is InChI=1S/C27H40FN3O3/c1-16(25(33)29-19-8-4-5-9-19)21-11-13-27(3)14-12-22(17(2)23(27)24(21)32)31-26(34)30-20-10-6-7-18(28)15-20/h6-7,10,15-17,19,21-24,32H,4-5,8-9,11-14H2,1-3H3,(H,29,33)(H2,30,31,34)/t16-,17+,21?,22-,23+,24-,27-/m0/s1. The summed E-state index contributed by atoms with van der Waals surface area (Å²) in [5.41, 5.74) is 0.402. The summed E-state index contributed by atoms with van der Waals surface area (Å²) in [5.74, 6) is -0.603. The van der Waals surface area contributed by atoms with Gasteiger partial charge in [0.1, 0.15) is 5.82 Å². The third kappa shape index (κ3) is 5.24. The minimum atomic E-state index is -0.589. The molecule has 3 saturated carbocycles. The van der Waals surface area contributed by atoms with E-state index in [9.17, 15) is 19.1 Å². The van der Waals surface area contributed by atoms with Crippen molar-refractivity contribution < 1.29 is 19.1 Å². The molecule has 1 aromatic rings. The Morgan fingerprint density at radius 1 is 1.12 bits per heavy atom. The number of carbonyl (C=O) groups excluding carboxylic acids is 2. The van der Waals surface area contributed by atoms with Gasteiger partial charge in [0.15, 0.2) is 0 Å². The molecule has 0 radical (unpaired) electrons. The normalized spacial score (nSPS) is 34.7. The Morgan fingerprint density at radius 2 is 1.82 bits per heavy atom. The fourth-order valence-electron chi connectivity index (χ4n) is 7.00. The molecule has 0 aliphatic heterocycles. The number of halogens is 1. The van der Waals surface area contributed by atoms with Crippen LogP contribution in [0, 0.1) is 34.9 Å². The zero-order valence-corrected chi connectivity index (χ0v) is 20.6. The van der Waals surface area contributed by atoms with Gasteiger partial charge in [-0.1, -0.05) is 39.7 Å². The van der Waals surface area contributed by atoms with Gasteiger partial charge in [0, 0.05) is 23.7 Å². The van der Waals surface area contributed by atoms with Crippen LogP contribution in [0.5, 0.6) is 0 Å². The van der Waals surface area contributed by atoms with Gasteiger partial charge in [0.25, 0.3) is 0 Å². The molecular weight excluding hydrogens is 433 g/mol. The van der Waals surface area contributed by atoms with Crippen molar-refractivity contribution in [3.8, 4) is 0 Å². The van der Waals surface area contributed by atoms with Crippen LogP contribution < -0.4 is 16.0 Å². The van der Waals surface area contributed by atoms with Crippen LogP contribution in [0.2, 0.25) is 0 Å². The van der Waals surface area contributed by atoms with Gasteiger partial charge in [0.05, 0.1) is 6.10 Å². The van der Waals surface area contributed by atoms with E-state index < -0.39 is 11.9 Å². The summed E-state index contributed by atoms with van der Waals surface area (Å²) in [5, 5.41) is 20.5. The molecule has 3 aliphatic carbocycles. The highest BCUT2D eigenvalue weighted by atomic mass is 19.1. The number of anilines is 1. The second kappa shape index (κ2) is 10.2. The second-order valence-electron chi connectivity index (χ2n) is 11.3. The molecule has 0 bridgehead atoms. The van der Waals surface area contributed by atoms with Crippen LogP contribution in [0.4, 0.5) is 14.9 Å². The minimum absolute atomic E-state index is 0.00111. The van der Waals surface area contributed by atoms with E-state index in [1.165, 1.54) is 25.0 Å². The number of rotatable bonds is 5. The number of urea groups is 1. The SMILES string of the molecule is C[C@H]1[C@@H]2[C@@H](O)C([C@H](C)C(=O)NC3CCCC3)CC[C@@]2(C)CC[C@@H]1NC(=O)Nc1cccc(F)c1. The number of hydrogen-bond acceptors (Lipinski definition) is 3. The van der Waals surface area contributed by atoms with Crippen molar-refractivity contribution in [2.75, 3.05) is 5.32 Å². The largest absolute Gasteiger partial charge is 0.392 e. The Bertz CT molecular complexity index is 890. The smallest absolute Gasteiger partial charge is 0.319 e.